The molecule has 0 saturated carbocycles. The van der Waals surface area contributed by atoms with Crippen molar-refractivity contribution in [3.63, 3.8) is 0 Å². The van der Waals surface area contributed by atoms with E-state index in [4.69, 9.17) is 9.97 Å². The van der Waals surface area contributed by atoms with E-state index in [2.05, 4.69) is 51.1 Å². The van der Waals surface area contributed by atoms with E-state index in [0.717, 1.165) is 28.0 Å². The molecular formula is C18H18N2. The molecule has 0 unspecified atom stereocenters. The Hall–Kier alpha value is -2.22. The average molecular weight is 262 g/mol. The van der Waals surface area contributed by atoms with Crippen molar-refractivity contribution >= 4 is 10.9 Å². The summed E-state index contributed by atoms with van der Waals surface area (Å²) in [4.78, 5) is 9.49. The first-order valence-electron chi connectivity index (χ1n) is 6.99. The van der Waals surface area contributed by atoms with Crippen LogP contribution in [0.5, 0.6) is 0 Å². The molecule has 20 heavy (non-hydrogen) atoms. The third-order valence-corrected chi connectivity index (χ3v) is 3.43. The molecule has 1 heterocycles. The van der Waals surface area contributed by atoms with E-state index >= 15 is 0 Å². The zero-order valence-corrected chi connectivity index (χ0v) is 12.1. The SMILES string of the molecule is Cc1ccc2nc(C(C)C)nc(-c3ccccc3)c2c1. The van der Waals surface area contributed by atoms with Gasteiger partial charge in [0.05, 0.1) is 11.2 Å². The predicted molar refractivity (Wildman–Crippen MR) is 83.8 cm³/mol. The summed E-state index contributed by atoms with van der Waals surface area (Å²) in [5.41, 5.74) is 4.43. The second kappa shape index (κ2) is 5.04. The average Bonchev–Trinajstić information content (AvgIpc) is 2.47. The molecule has 0 amide bonds. The lowest BCUT2D eigenvalue weighted by Gasteiger charge is -2.11. The van der Waals surface area contributed by atoms with Crippen LogP contribution in [0, 0.1) is 6.92 Å². The third kappa shape index (κ3) is 2.29. The standard InChI is InChI=1S/C18H18N2/c1-12(2)18-19-16-10-9-13(3)11-15(16)17(20-18)14-7-5-4-6-8-14/h4-12H,1-3H3. The van der Waals surface area contributed by atoms with Gasteiger partial charge in [-0.2, -0.15) is 0 Å². The summed E-state index contributed by atoms with van der Waals surface area (Å²) < 4.78 is 0. The van der Waals surface area contributed by atoms with E-state index in [0.29, 0.717) is 5.92 Å². The molecule has 100 valence electrons. The highest BCUT2D eigenvalue weighted by molar-refractivity contribution is 5.92. The Morgan fingerprint density at radius 1 is 0.900 bits per heavy atom. The van der Waals surface area contributed by atoms with Crippen LogP contribution < -0.4 is 0 Å². The fourth-order valence-electron chi connectivity index (χ4n) is 2.33. The monoisotopic (exact) mass is 262 g/mol. The molecule has 0 radical (unpaired) electrons. The first-order valence-corrected chi connectivity index (χ1v) is 6.99. The molecule has 0 aliphatic carbocycles. The predicted octanol–water partition coefficient (Wildman–Crippen LogP) is 4.73. The number of nitrogens with zero attached hydrogens (tertiary/aromatic N) is 2. The Labute approximate surface area is 119 Å². The number of benzene rings is 2. The van der Waals surface area contributed by atoms with Gasteiger partial charge in [-0.05, 0) is 19.1 Å². The van der Waals surface area contributed by atoms with Crippen molar-refractivity contribution in [1.82, 2.24) is 9.97 Å². The summed E-state index contributed by atoms with van der Waals surface area (Å²) in [6.07, 6.45) is 0. The molecule has 2 nitrogen and oxygen atoms in total. The summed E-state index contributed by atoms with van der Waals surface area (Å²) in [5, 5.41) is 1.13. The first-order chi connectivity index (χ1) is 9.65. The summed E-state index contributed by atoms with van der Waals surface area (Å²) in [6, 6.07) is 16.7. The van der Waals surface area contributed by atoms with Crippen LogP contribution in [0.4, 0.5) is 0 Å². The Balaban J connectivity index is 2.35. The van der Waals surface area contributed by atoms with Crippen molar-refractivity contribution in [3.8, 4) is 11.3 Å². The highest BCUT2D eigenvalue weighted by atomic mass is 14.9. The van der Waals surface area contributed by atoms with E-state index in [9.17, 15) is 0 Å². The quantitative estimate of drug-likeness (QED) is 0.667. The number of aryl methyl sites for hydroxylation is 1. The molecular weight excluding hydrogens is 244 g/mol. The molecule has 0 aliphatic heterocycles. The number of hydrogen-bond donors (Lipinski definition) is 0. The van der Waals surface area contributed by atoms with Gasteiger partial charge in [-0.1, -0.05) is 55.8 Å². The molecule has 1 aromatic heterocycles. The number of hydrogen-bond acceptors (Lipinski definition) is 2. The lowest BCUT2D eigenvalue weighted by molar-refractivity contribution is 0.784. The molecule has 3 aromatic rings. The van der Waals surface area contributed by atoms with Crippen LogP contribution >= 0.6 is 0 Å². The lowest BCUT2D eigenvalue weighted by Crippen LogP contribution is -2.00. The highest BCUT2D eigenvalue weighted by Crippen LogP contribution is 2.28. The van der Waals surface area contributed by atoms with Gasteiger partial charge < -0.3 is 0 Å². The fourth-order valence-corrected chi connectivity index (χ4v) is 2.33. The molecule has 0 N–H and O–H groups in total. The van der Waals surface area contributed by atoms with Crippen LogP contribution in [0.2, 0.25) is 0 Å². The van der Waals surface area contributed by atoms with Crippen LogP contribution in [0.25, 0.3) is 22.2 Å². The number of aromatic nitrogens is 2. The summed E-state index contributed by atoms with van der Waals surface area (Å²) in [5.74, 6) is 1.23. The van der Waals surface area contributed by atoms with E-state index in [-0.39, 0.29) is 0 Å². The van der Waals surface area contributed by atoms with Crippen molar-refractivity contribution in [3.05, 3.63) is 59.9 Å². The molecule has 0 atom stereocenters. The maximum Gasteiger partial charge on any atom is 0.132 e. The minimum atomic E-state index is 0.322. The second-order valence-corrected chi connectivity index (χ2v) is 5.47. The largest absolute Gasteiger partial charge is 0.233 e. The Kier molecular flexibility index (Phi) is 3.23. The Morgan fingerprint density at radius 3 is 2.35 bits per heavy atom. The van der Waals surface area contributed by atoms with Gasteiger partial charge in [0.2, 0.25) is 0 Å². The molecule has 2 heteroatoms. The fraction of sp³-hybridized carbons (Fsp3) is 0.222. The molecule has 2 aromatic carbocycles. The molecule has 0 fully saturated rings. The molecule has 0 spiro atoms. The molecule has 3 rings (SSSR count). The van der Waals surface area contributed by atoms with Crippen molar-refractivity contribution in [2.24, 2.45) is 0 Å². The van der Waals surface area contributed by atoms with Crippen molar-refractivity contribution in [2.75, 3.05) is 0 Å². The van der Waals surface area contributed by atoms with Gasteiger partial charge in [0.15, 0.2) is 0 Å². The minimum Gasteiger partial charge on any atom is -0.233 e. The van der Waals surface area contributed by atoms with Gasteiger partial charge >= 0.3 is 0 Å². The number of rotatable bonds is 2. The van der Waals surface area contributed by atoms with Gasteiger partial charge in [0.25, 0.3) is 0 Å². The summed E-state index contributed by atoms with van der Waals surface area (Å²) >= 11 is 0. The van der Waals surface area contributed by atoms with Gasteiger partial charge in [-0.25, -0.2) is 9.97 Å². The van der Waals surface area contributed by atoms with E-state index in [1.807, 2.05) is 18.2 Å². The van der Waals surface area contributed by atoms with Crippen LogP contribution in [0.3, 0.4) is 0 Å². The van der Waals surface area contributed by atoms with Crippen molar-refractivity contribution in [1.29, 1.82) is 0 Å². The smallest absolute Gasteiger partial charge is 0.132 e. The summed E-state index contributed by atoms with van der Waals surface area (Å²) in [7, 11) is 0. The van der Waals surface area contributed by atoms with Crippen LogP contribution in [-0.2, 0) is 0 Å². The van der Waals surface area contributed by atoms with Crippen molar-refractivity contribution in [2.45, 2.75) is 26.7 Å². The normalized spacial score (nSPS) is 11.2. The molecule has 0 saturated heterocycles. The van der Waals surface area contributed by atoms with Crippen LogP contribution in [-0.4, -0.2) is 9.97 Å². The van der Waals surface area contributed by atoms with Gasteiger partial charge in [-0.3, -0.25) is 0 Å². The summed E-state index contributed by atoms with van der Waals surface area (Å²) in [6.45, 7) is 6.36. The van der Waals surface area contributed by atoms with Gasteiger partial charge in [0.1, 0.15) is 5.82 Å². The van der Waals surface area contributed by atoms with Gasteiger partial charge in [-0.15, -0.1) is 0 Å². The maximum atomic E-state index is 4.80. The number of fused-ring (bicyclic) bond motifs is 1. The zero-order valence-electron chi connectivity index (χ0n) is 12.1. The molecule has 0 aliphatic rings. The van der Waals surface area contributed by atoms with Crippen molar-refractivity contribution < 1.29 is 0 Å². The van der Waals surface area contributed by atoms with E-state index in [1.54, 1.807) is 0 Å². The second-order valence-electron chi connectivity index (χ2n) is 5.47. The van der Waals surface area contributed by atoms with Crippen LogP contribution in [0.15, 0.2) is 48.5 Å². The Morgan fingerprint density at radius 2 is 1.65 bits per heavy atom. The lowest BCUT2D eigenvalue weighted by atomic mass is 10.0. The van der Waals surface area contributed by atoms with Gasteiger partial charge in [0, 0.05) is 16.9 Å². The topological polar surface area (TPSA) is 25.8 Å². The van der Waals surface area contributed by atoms with E-state index in [1.165, 1.54) is 5.56 Å². The Bertz CT molecular complexity index is 746. The molecule has 0 bridgehead atoms. The minimum absolute atomic E-state index is 0.322. The zero-order chi connectivity index (χ0) is 14.1. The third-order valence-electron chi connectivity index (χ3n) is 3.43. The van der Waals surface area contributed by atoms with E-state index < -0.39 is 0 Å². The first kappa shape index (κ1) is 12.8. The highest BCUT2D eigenvalue weighted by Gasteiger charge is 2.11. The maximum absolute atomic E-state index is 4.80. The van der Waals surface area contributed by atoms with Crippen LogP contribution in [0.1, 0.15) is 31.2 Å².